The van der Waals surface area contributed by atoms with E-state index in [9.17, 15) is 4.79 Å². The Balaban J connectivity index is 1.62. The van der Waals surface area contributed by atoms with Gasteiger partial charge in [-0.3, -0.25) is 14.6 Å². The molecule has 7 heteroatoms. The normalized spacial score (nSPS) is 14.9. The molecule has 0 N–H and O–H groups in total. The van der Waals surface area contributed by atoms with Crippen LogP contribution < -0.4 is 4.90 Å². The first-order valence-corrected chi connectivity index (χ1v) is 11.5. The van der Waals surface area contributed by atoms with E-state index in [0.717, 1.165) is 60.2 Å². The molecule has 1 saturated heterocycles. The molecule has 0 atom stereocenters. The van der Waals surface area contributed by atoms with Crippen molar-refractivity contribution in [2.24, 2.45) is 0 Å². The van der Waals surface area contributed by atoms with Gasteiger partial charge in [-0.15, -0.1) is 0 Å². The minimum absolute atomic E-state index is 0.101. The fourth-order valence-corrected chi connectivity index (χ4v) is 5.20. The molecule has 158 valence electrons. The van der Waals surface area contributed by atoms with Crippen LogP contribution in [0.4, 0.5) is 5.13 Å². The molecule has 5 nitrogen and oxygen atoms in total. The van der Waals surface area contributed by atoms with Crippen LogP contribution in [0.2, 0.25) is 5.02 Å². The van der Waals surface area contributed by atoms with Crippen LogP contribution in [0.25, 0.3) is 10.2 Å². The zero-order valence-electron chi connectivity index (χ0n) is 17.4. The topological polar surface area (TPSA) is 45.7 Å². The number of morpholine rings is 1. The van der Waals surface area contributed by atoms with Gasteiger partial charge >= 0.3 is 0 Å². The van der Waals surface area contributed by atoms with E-state index in [2.05, 4.69) is 30.9 Å². The van der Waals surface area contributed by atoms with Crippen LogP contribution in [0.1, 0.15) is 27.9 Å². The highest BCUT2D eigenvalue weighted by Crippen LogP contribution is 2.33. The molecule has 2 aromatic carbocycles. The van der Waals surface area contributed by atoms with Gasteiger partial charge in [0, 0.05) is 26.2 Å². The van der Waals surface area contributed by atoms with Crippen molar-refractivity contribution in [3.63, 3.8) is 0 Å². The number of hydrogen-bond donors (Lipinski definition) is 0. The summed E-state index contributed by atoms with van der Waals surface area (Å²) in [7, 11) is 0. The molecule has 1 aliphatic rings. The Hall–Kier alpha value is -1.99. The van der Waals surface area contributed by atoms with Crippen LogP contribution in [0.3, 0.4) is 0 Å². The predicted molar refractivity (Wildman–Crippen MR) is 124 cm³/mol. The van der Waals surface area contributed by atoms with E-state index in [1.54, 1.807) is 28.4 Å². The maximum atomic E-state index is 13.5. The molecule has 0 saturated carbocycles. The lowest BCUT2D eigenvalue weighted by molar-refractivity contribution is 0.0376. The highest BCUT2D eigenvalue weighted by atomic mass is 35.5. The molecule has 2 heterocycles. The second-order valence-electron chi connectivity index (χ2n) is 7.67. The van der Waals surface area contributed by atoms with Crippen LogP contribution >= 0.6 is 22.9 Å². The Morgan fingerprint density at radius 2 is 2.00 bits per heavy atom. The second kappa shape index (κ2) is 9.43. The summed E-state index contributed by atoms with van der Waals surface area (Å²) >= 11 is 7.91. The average Bonchev–Trinajstić information content (AvgIpc) is 3.16. The van der Waals surface area contributed by atoms with Gasteiger partial charge in [-0.25, -0.2) is 4.98 Å². The van der Waals surface area contributed by atoms with E-state index in [-0.39, 0.29) is 5.91 Å². The van der Waals surface area contributed by atoms with Crippen molar-refractivity contribution in [3.05, 3.63) is 58.1 Å². The van der Waals surface area contributed by atoms with Gasteiger partial charge in [0.15, 0.2) is 5.13 Å². The van der Waals surface area contributed by atoms with Crippen molar-refractivity contribution in [1.82, 2.24) is 9.88 Å². The standard InChI is InChI=1S/C23H26ClN3O2S/c1-16-14-17(2)21-20(15-16)30-23(25-21)27(9-5-8-26-10-12-29-13-11-26)22(28)18-6-3-4-7-19(18)24/h3-4,6-7,14-15H,5,8-13H2,1-2H3. The molecule has 1 fully saturated rings. The number of aromatic nitrogens is 1. The van der Waals surface area contributed by atoms with E-state index in [0.29, 0.717) is 17.1 Å². The van der Waals surface area contributed by atoms with Gasteiger partial charge in [0.25, 0.3) is 5.91 Å². The number of carbonyl (C=O) groups is 1. The lowest BCUT2D eigenvalue weighted by Crippen LogP contribution is -2.39. The lowest BCUT2D eigenvalue weighted by Gasteiger charge is -2.27. The molecule has 3 aromatic rings. The number of ether oxygens (including phenoxy) is 1. The summed E-state index contributed by atoms with van der Waals surface area (Å²) in [5.41, 5.74) is 3.81. The van der Waals surface area contributed by atoms with E-state index in [1.165, 1.54) is 5.56 Å². The van der Waals surface area contributed by atoms with E-state index < -0.39 is 0 Å². The number of amides is 1. The SMILES string of the molecule is Cc1cc(C)c2nc(N(CCCN3CCOCC3)C(=O)c3ccccc3Cl)sc2c1. The summed E-state index contributed by atoms with van der Waals surface area (Å²) in [6.45, 7) is 9.12. The molecular weight excluding hydrogens is 418 g/mol. The minimum Gasteiger partial charge on any atom is -0.379 e. The summed E-state index contributed by atoms with van der Waals surface area (Å²) in [6.07, 6.45) is 0.865. The Labute approximate surface area is 186 Å². The van der Waals surface area contributed by atoms with Gasteiger partial charge in [-0.05, 0) is 49.6 Å². The summed E-state index contributed by atoms with van der Waals surface area (Å²) in [5, 5.41) is 1.19. The number of rotatable bonds is 6. The molecule has 0 spiro atoms. The number of carbonyl (C=O) groups excluding carboxylic acids is 1. The number of fused-ring (bicyclic) bond motifs is 1. The Kier molecular flexibility index (Phi) is 6.68. The van der Waals surface area contributed by atoms with Gasteiger partial charge in [-0.1, -0.05) is 41.1 Å². The zero-order chi connectivity index (χ0) is 21.1. The molecule has 1 amide bonds. The molecule has 1 aromatic heterocycles. The van der Waals surface area contributed by atoms with Crippen LogP contribution in [-0.2, 0) is 4.74 Å². The molecular formula is C23H26ClN3O2S. The van der Waals surface area contributed by atoms with Crippen LogP contribution in [0.15, 0.2) is 36.4 Å². The maximum Gasteiger partial charge on any atom is 0.261 e. The van der Waals surface area contributed by atoms with Crippen molar-refractivity contribution in [2.45, 2.75) is 20.3 Å². The summed E-state index contributed by atoms with van der Waals surface area (Å²) in [5.74, 6) is -0.101. The van der Waals surface area contributed by atoms with Crippen molar-refractivity contribution in [3.8, 4) is 0 Å². The molecule has 0 bridgehead atoms. The quantitative estimate of drug-likeness (QED) is 0.541. The van der Waals surface area contributed by atoms with Crippen molar-refractivity contribution in [2.75, 3.05) is 44.3 Å². The van der Waals surface area contributed by atoms with Crippen LogP contribution in [-0.4, -0.2) is 55.2 Å². The Bertz CT molecular complexity index is 1050. The fourth-order valence-electron chi connectivity index (χ4n) is 3.82. The number of aryl methyl sites for hydroxylation is 2. The Morgan fingerprint density at radius 1 is 1.23 bits per heavy atom. The van der Waals surface area contributed by atoms with E-state index in [1.807, 2.05) is 12.1 Å². The number of nitrogens with zero attached hydrogens (tertiary/aromatic N) is 3. The van der Waals surface area contributed by atoms with Crippen molar-refractivity contribution >= 4 is 44.2 Å². The maximum absolute atomic E-state index is 13.5. The number of hydrogen-bond acceptors (Lipinski definition) is 5. The zero-order valence-corrected chi connectivity index (χ0v) is 18.9. The van der Waals surface area contributed by atoms with Gasteiger partial charge in [0.2, 0.25) is 0 Å². The van der Waals surface area contributed by atoms with E-state index >= 15 is 0 Å². The predicted octanol–water partition coefficient (Wildman–Crippen LogP) is 4.94. The molecule has 0 aliphatic carbocycles. The van der Waals surface area contributed by atoms with Gasteiger partial charge in [0.1, 0.15) is 0 Å². The highest BCUT2D eigenvalue weighted by molar-refractivity contribution is 7.22. The molecule has 4 rings (SSSR count). The largest absolute Gasteiger partial charge is 0.379 e. The second-order valence-corrected chi connectivity index (χ2v) is 9.09. The first kappa shape index (κ1) is 21.2. The average molecular weight is 444 g/mol. The molecule has 30 heavy (non-hydrogen) atoms. The molecule has 0 unspecified atom stereocenters. The van der Waals surface area contributed by atoms with Crippen LogP contribution in [0.5, 0.6) is 0 Å². The van der Waals surface area contributed by atoms with E-state index in [4.69, 9.17) is 21.3 Å². The molecule has 1 aliphatic heterocycles. The third-order valence-electron chi connectivity index (χ3n) is 5.36. The third-order valence-corrected chi connectivity index (χ3v) is 6.71. The van der Waals surface area contributed by atoms with Crippen molar-refractivity contribution < 1.29 is 9.53 Å². The highest BCUT2D eigenvalue weighted by Gasteiger charge is 2.23. The third kappa shape index (κ3) is 4.67. The smallest absolute Gasteiger partial charge is 0.261 e. The number of halogens is 1. The Morgan fingerprint density at radius 3 is 2.77 bits per heavy atom. The number of thiazole rings is 1. The number of benzene rings is 2. The van der Waals surface area contributed by atoms with Crippen LogP contribution in [0, 0.1) is 13.8 Å². The first-order valence-electron chi connectivity index (χ1n) is 10.3. The summed E-state index contributed by atoms with van der Waals surface area (Å²) in [4.78, 5) is 22.5. The monoisotopic (exact) mass is 443 g/mol. The first-order chi connectivity index (χ1) is 14.5. The summed E-state index contributed by atoms with van der Waals surface area (Å²) in [6, 6.07) is 11.5. The van der Waals surface area contributed by atoms with Crippen molar-refractivity contribution in [1.29, 1.82) is 0 Å². The summed E-state index contributed by atoms with van der Waals surface area (Å²) < 4.78 is 6.54. The van der Waals surface area contributed by atoms with Gasteiger partial charge in [-0.2, -0.15) is 0 Å². The lowest BCUT2D eigenvalue weighted by atomic mass is 10.1. The van der Waals surface area contributed by atoms with Gasteiger partial charge < -0.3 is 4.74 Å². The van der Waals surface area contributed by atoms with Gasteiger partial charge in [0.05, 0.1) is 34.0 Å². The minimum atomic E-state index is -0.101. The molecule has 0 radical (unpaired) electrons. The number of anilines is 1. The fraction of sp³-hybridized carbons (Fsp3) is 0.391.